The molecule has 2 aromatic rings. The van der Waals surface area contributed by atoms with E-state index in [0.717, 1.165) is 42.9 Å². The summed E-state index contributed by atoms with van der Waals surface area (Å²) in [6.45, 7) is 3.52. The number of sulfonamides is 1. The zero-order valence-electron chi connectivity index (χ0n) is 13.5. The second-order valence-corrected chi connectivity index (χ2v) is 7.85. The highest BCUT2D eigenvalue weighted by Gasteiger charge is 2.33. The molecule has 0 aliphatic carbocycles. The van der Waals surface area contributed by atoms with Crippen LogP contribution in [-0.4, -0.2) is 40.3 Å². The van der Waals surface area contributed by atoms with Gasteiger partial charge in [-0.2, -0.15) is 9.40 Å². The number of aromatic nitrogens is 3. The fourth-order valence-corrected chi connectivity index (χ4v) is 4.29. The smallest absolute Gasteiger partial charge is 0.211 e. The van der Waals surface area contributed by atoms with Crippen LogP contribution in [0.4, 0.5) is 0 Å². The Balaban J connectivity index is 1.95. The van der Waals surface area contributed by atoms with Crippen LogP contribution >= 0.6 is 0 Å². The summed E-state index contributed by atoms with van der Waals surface area (Å²) in [5.41, 5.74) is 2.63. The molecule has 1 fully saturated rings. The molecule has 0 N–H and O–H groups in total. The van der Waals surface area contributed by atoms with Gasteiger partial charge in [-0.1, -0.05) is 13.0 Å². The molecule has 23 heavy (non-hydrogen) atoms. The van der Waals surface area contributed by atoms with E-state index < -0.39 is 10.0 Å². The molecule has 0 amide bonds. The topological polar surface area (TPSA) is 68.1 Å². The Morgan fingerprint density at radius 2 is 2.13 bits per heavy atom. The normalized spacial score (nSPS) is 19.3. The lowest BCUT2D eigenvalue weighted by atomic mass is 10.1. The van der Waals surface area contributed by atoms with E-state index in [9.17, 15) is 8.42 Å². The molecule has 2 aromatic heterocycles. The summed E-state index contributed by atoms with van der Waals surface area (Å²) < 4.78 is 27.4. The average molecular weight is 334 g/mol. The zero-order chi connectivity index (χ0) is 16.4. The van der Waals surface area contributed by atoms with Crippen molar-refractivity contribution >= 4 is 10.0 Å². The minimum Gasteiger partial charge on any atom is -0.263 e. The van der Waals surface area contributed by atoms with Gasteiger partial charge in [0, 0.05) is 19.3 Å². The van der Waals surface area contributed by atoms with Gasteiger partial charge in [0.15, 0.2) is 0 Å². The van der Waals surface area contributed by atoms with Crippen LogP contribution in [0.15, 0.2) is 30.5 Å². The van der Waals surface area contributed by atoms with E-state index in [1.807, 2.05) is 28.9 Å². The minimum absolute atomic E-state index is 0.160. The summed E-state index contributed by atoms with van der Waals surface area (Å²) >= 11 is 0. The standard InChI is InChI=1S/C16H22N4O2S/c1-3-11-19-15(9-10-17-19)13-6-4-7-14(18-13)16-8-5-12-20(16)23(2,21)22/h4,6-7,9-10,16H,3,5,8,11-12H2,1-2H3/t16-/m0/s1. The third kappa shape index (κ3) is 3.30. The molecule has 3 rings (SSSR count). The van der Waals surface area contributed by atoms with E-state index in [0.29, 0.717) is 6.54 Å². The highest BCUT2D eigenvalue weighted by atomic mass is 32.2. The maximum Gasteiger partial charge on any atom is 0.211 e. The average Bonchev–Trinajstić information content (AvgIpc) is 3.16. The molecule has 1 saturated heterocycles. The molecular formula is C16H22N4O2S. The monoisotopic (exact) mass is 334 g/mol. The van der Waals surface area contributed by atoms with Crippen molar-refractivity contribution in [2.75, 3.05) is 12.8 Å². The molecule has 0 spiro atoms. The maximum atomic E-state index is 12.0. The molecular weight excluding hydrogens is 312 g/mol. The molecule has 1 aliphatic heterocycles. The minimum atomic E-state index is -3.21. The summed E-state index contributed by atoms with van der Waals surface area (Å²) in [7, 11) is -3.21. The van der Waals surface area contributed by atoms with Gasteiger partial charge >= 0.3 is 0 Å². The lowest BCUT2D eigenvalue weighted by molar-refractivity contribution is 0.394. The van der Waals surface area contributed by atoms with Crippen LogP contribution < -0.4 is 0 Å². The maximum absolute atomic E-state index is 12.0. The van der Waals surface area contributed by atoms with Crippen LogP contribution in [-0.2, 0) is 16.6 Å². The first-order valence-corrected chi connectivity index (χ1v) is 9.81. The fourth-order valence-electron chi connectivity index (χ4n) is 3.15. The Labute approximate surface area is 137 Å². The SMILES string of the molecule is CCCn1nccc1-c1cccc([C@@H]2CCCN2S(C)(=O)=O)n1. The molecule has 1 atom stereocenters. The van der Waals surface area contributed by atoms with E-state index in [1.54, 1.807) is 10.5 Å². The van der Waals surface area contributed by atoms with Crippen LogP contribution in [0.1, 0.15) is 37.9 Å². The van der Waals surface area contributed by atoms with E-state index >= 15 is 0 Å². The lowest BCUT2D eigenvalue weighted by Crippen LogP contribution is -2.29. The number of rotatable bonds is 5. The first-order chi connectivity index (χ1) is 11.0. The van der Waals surface area contributed by atoms with E-state index in [1.165, 1.54) is 6.26 Å². The highest BCUT2D eigenvalue weighted by Crippen LogP contribution is 2.33. The fraction of sp³-hybridized carbons (Fsp3) is 0.500. The summed E-state index contributed by atoms with van der Waals surface area (Å²) in [6.07, 6.45) is 5.73. The van der Waals surface area contributed by atoms with Crippen molar-refractivity contribution in [1.82, 2.24) is 19.1 Å². The van der Waals surface area contributed by atoms with Gasteiger partial charge in [0.05, 0.1) is 29.4 Å². The number of hydrogen-bond donors (Lipinski definition) is 0. The third-order valence-electron chi connectivity index (χ3n) is 4.16. The second kappa shape index (κ2) is 6.41. The number of pyridine rings is 1. The van der Waals surface area contributed by atoms with Gasteiger partial charge in [0.1, 0.15) is 0 Å². The number of aryl methyl sites for hydroxylation is 1. The van der Waals surface area contributed by atoms with Crippen LogP contribution in [0.25, 0.3) is 11.4 Å². The molecule has 1 aliphatic rings. The van der Waals surface area contributed by atoms with Crippen LogP contribution in [0.3, 0.4) is 0 Å². The second-order valence-electron chi connectivity index (χ2n) is 5.92. The van der Waals surface area contributed by atoms with E-state index in [-0.39, 0.29) is 6.04 Å². The highest BCUT2D eigenvalue weighted by molar-refractivity contribution is 7.88. The molecule has 0 saturated carbocycles. The molecule has 124 valence electrons. The van der Waals surface area contributed by atoms with Crippen LogP contribution in [0.5, 0.6) is 0 Å². The Kier molecular flexibility index (Phi) is 4.50. The summed E-state index contributed by atoms with van der Waals surface area (Å²) in [5, 5.41) is 4.33. The van der Waals surface area contributed by atoms with Crippen LogP contribution in [0.2, 0.25) is 0 Å². The molecule has 0 bridgehead atoms. The van der Waals surface area contributed by atoms with Crippen molar-refractivity contribution in [2.24, 2.45) is 0 Å². The quantitative estimate of drug-likeness (QED) is 0.842. The third-order valence-corrected chi connectivity index (χ3v) is 5.45. The molecule has 6 nitrogen and oxygen atoms in total. The van der Waals surface area contributed by atoms with Gasteiger partial charge in [-0.05, 0) is 37.5 Å². The van der Waals surface area contributed by atoms with Gasteiger partial charge in [-0.15, -0.1) is 0 Å². The summed E-state index contributed by atoms with van der Waals surface area (Å²) in [4.78, 5) is 4.74. The first-order valence-electron chi connectivity index (χ1n) is 7.96. The number of hydrogen-bond acceptors (Lipinski definition) is 4. The lowest BCUT2D eigenvalue weighted by Gasteiger charge is -2.22. The molecule has 3 heterocycles. The molecule has 0 unspecified atom stereocenters. The zero-order valence-corrected chi connectivity index (χ0v) is 14.3. The molecule has 7 heteroatoms. The van der Waals surface area contributed by atoms with Gasteiger partial charge in [-0.25, -0.2) is 13.4 Å². The largest absolute Gasteiger partial charge is 0.263 e. The van der Waals surface area contributed by atoms with Gasteiger partial charge in [0.2, 0.25) is 10.0 Å². The number of nitrogens with zero attached hydrogens (tertiary/aromatic N) is 4. The molecule has 0 radical (unpaired) electrons. The van der Waals surface area contributed by atoms with Gasteiger partial charge < -0.3 is 0 Å². The Bertz CT molecular complexity index is 785. The van der Waals surface area contributed by atoms with Crippen molar-refractivity contribution < 1.29 is 8.42 Å². The van der Waals surface area contributed by atoms with Crippen molar-refractivity contribution in [3.63, 3.8) is 0 Å². The van der Waals surface area contributed by atoms with E-state index in [2.05, 4.69) is 12.0 Å². The predicted octanol–water partition coefficient (Wildman–Crippen LogP) is 2.45. The molecule has 0 aromatic carbocycles. The van der Waals surface area contributed by atoms with E-state index in [4.69, 9.17) is 4.98 Å². The van der Waals surface area contributed by atoms with Crippen molar-refractivity contribution in [3.05, 3.63) is 36.2 Å². The van der Waals surface area contributed by atoms with Crippen molar-refractivity contribution in [2.45, 2.75) is 38.8 Å². The summed E-state index contributed by atoms with van der Waals surface area (Å²) in [5.74, 6) is 0. The van der Waals surface area contributed by atoms with Gasteiger partial charge in [0.25, 0.3) is 0 Å². The summed E-state index contributed by atoms with van der Waals surface area (Å²) in [6, 6.07) is 7.60. The van der Waals surface area contributed by atoms with Gasteiger partial charge in [-0.3, -0.25) is 4.68 Å². The predicted molar refractivity (Wildman–Crippen MR) is 89.3 cm³/mol. The van der Waals surface area contributed by atoms with Crippen molar-refractivity contribution in [1.29, 1.82) is 0 Å². The van der Waals surface area contributed by atoms with Crippen molar-refractivity contribution in [3.8, 4) is 11.4 Å². The Morgan fingerprint density at radius 3 is 2.87 bits per heavy atom. The Hall–Kier alpha value is -1.73. The first kappa shape index (κ1) is 16.1. The Morgan fingerprint density at radius 1 is 1.30 bits per heavy atom. The van der Waals surface area contributed by atoms with Crippen LogP contribution in [0, 0.1) is 0 Å².